The van der Waals surface area contributed by atoms with Crippen molar-refractivity contribution in [2.24, 2.45) is 5.16 Å². The van der Waals surface area contributed by atoms with Crippen LogP contribution in [0.25, 0.3) is 0 Å². The van der Waals surface area contributed by atoms with Gasteiger partial charge in [0.2, 0.25) is 5.60 Å². The molecule has 3 N–H and O–H groups in total. The predicted molar refractivity (Wildman–Crippen MR) is 198 cm³/mol. The Kier molecular flexibility index (Phi) is 9.51. The van der Waals surface area contributed by atoms with E-state index in [1.165, 1.54) is 16.2 Å². The van der Waals surface area contributed by atoms with E-state index in [1.54, 1.807) is 33.1 Å². The third-order valence-corrected chi connectivity index (χ3v) is 10.1. The van der Waals surface area contributed by atoms with Gasteiger partial charge in [-0.05, 0) is 56.0 Å². The van der Waals surface area contributed by atoms with Crippen molar-refractivity contribution in [2.45, 2.75) is 75.8 Å². The van der Waals surface area contributed by atoms with Crippen molar-refractivity contribution >= 4 is 45.9 Å². The highest BCUT2D eigenvalue weighted by atomic mass is 32.1. The minimum atomic E-state index is -1.35. The summed E-state index contributed by atoms with van der Waals surface area (Å²) in [7, 11) is 0. The number of rotatable bonds is 12. The maximum atomic E-state index is 14.1. The lowest BCUT2D eigenvalue weighted by Gasteiger charge is -2.42. The number of anilines is 2. The first-order chi connectivity index (χ1) is 25.5. The molecule has 0 spiro atoms. The summed E-state index contributed by atoms with van der Waals surface area (Å²) in [5.41, 5.74) is -0.0948. The van der Waals surface area contributed by atoms with Crippen molar-refractivity contribution in [1.29, 1.82) is 0 Å². The highest BCUT2D eigenvalue weighted by molar-refractivity contribution is 7.14. The topological polar surface area (TPSA) is 177 Å². The number of nitrogens with zero attached hydrogens (tertiary/aromatic N) is 6. The molecule has 15 heteroatoms. The van der Waals surface area contributed by atoms with E-state index in [-0.39, 0.29) is 17.4 Å². The average molecular weight is 734 g/mol. The molecular formula is C38H39N9O5S. The third-order valence-electron chi connectivity index (χ3n) is 9.35. The first-order valence-corrected chi connectivity index (χ1v) is 18.2. The smallest absolute Gasteiger partial charge is 0.353 e. The van der Waals surface area contributed by atoms with E-state index in [2.05, 4.69) is 72.8 Å². The minimum absolute atomic E-state index is 0.100. The number of aromatic nitrogens is 5. The van der Waals surface area contributed by atoms with Gasteiger partial charge in [-0.2, -0.15) is 5.21 Å². The van der Waals surface area contributed by atoms with Crippen LogP contribution in [0, 0.1) is 0 Å². The summed E-state index contributed by atoms with van der Waals surface area (Å²) in [5.74, 6) is -1.59. The fourth-order valence-electron chi connectivity index (χ4n) is 6.48. The summed E-state index contributed by atoms with van der Waals surface area (Å²) >= 11 is 1.28. The lowest BCUT2D eigenvalue weighted by atomic mass is 9.77. The van der Waals surface area contributed by atoms with Gasteiger partial charge in [0.1, 0.15) is 22.9 Å². The van der Waals surface area contributed by atoms with E-state index in [1.807, 2.05) is 54.6 Å². The largest absolute Gasteiger partial charge is 0.457 e. The summed E-state index contributed by atoms with van der Waals surface area (Å²) in [4.78, 5) is 52.7. The molecule has 1 aliphatic carbocycles. The SMILES string of the molecule is C[C@@H]1[C@H](NC(=O)/C(=N\OC2(C(=O)OC(C)(C)C)CCC2)c2csc(NC(c3ccccc3)(c3ccccc3)c3ccccc3)n2)C(=O)N1c1nn[nH]n1. The fourth-order valence-corrected chi connectivity index (χ4v) is 7.23. The van der Waals surface area contributed by atoms with Crippen LogP contribution in [0.1, 0.15) is 69.3 Å². The molecule has 0 unspecified atom stereocenters. The zero-order valence-electron chi connectivity index (χ0n) is 29.6. The molecule has 3 aromatic carbocycles. The highest BCUT2D eigenvalue weighted by Gasteiger charge is 2.51. The number of thiazole rings is 1. The Hall–Kier alpha value is -5.96. The molecule has 0 radical (unpaired) electrons. The van der Waals surface area contributed by atoms with Gasteiger partial charge in [0.25, 0.3) is 17.8 Å². The normalized spacial score (nSPS) is 18.4. The number of amides is 2. The third kappa shape index (κ3) is 6.87. The van der Waals surface area contributed by atoms with Crippen molar-refractivity contribution < 1.29 is 24.0 Å². The summed E-state index contributed by atoms with van der Waals surface area (Å²) in [6.45, 7) is 7.08. The molecule has 272 valence electrons. The van der Waals surface area contributed by atoms with Gasteiger partial charge in [0.05, 0.1) is 6.04 Å². The van der Waals surface area contributed by atoms with Gasteiger partial charge >= 0.3 is 5.97 Å². The zero-order chi connectivity index (χ0) is 37.2. The number of tetrazole rings is 1. The molecule has 7 rings (SSSR count). The summed E-state index contributed by atoms with van der Waals surface area (Å²) in [6.07, 6.45) is 1.47. The number of carbonyl (C=O) groups is 3. The number of esters is 1. The quantitative estimate of drug-likeness (QED) is 0.0522. The van der Waals surface area contributed by atoms with E-state index in [0.29, 0.717) is 18.0 Å². The van der Waals surface area contributed by atoms with Gasteiger partial charge in [-0.3, -0.25) is 14.5 Å². The second-order valence-corrected chi connectivity index (χ2v) is 14.9. The van der Waals surface area contributed by atoms with Crippen molar-refractivity contribution in [3.63, 3.8) is 0 Å². The zero-order valence-corrected chi connectivity index (χ0v) is 30.5. The Bertz CT molecular complexity index is 2000. The number of β-lactam (4-membered cyclic amide) rings is 1. The predicted octanol–water partition coefficient (Wildman–Crippen LogP) is 4.97. The Labute approximate surface area is 310 Å². The number of ether oxygens (including phenoxy) is 1. The van der Waals surface area contributed by atoms with Crippen molar-refractivity contribution in [3.8, 4) is 0 Å². The lowest BCUT2D eigenvalue weighted by Crippen LogP contribution is -2.70. The summed E-state index contributed by atoms with van der Waals surface area (Å²) < 4.78 is 5.67. The van der Waals surface area contributed by atoms with Gasteiger partial charge in [-0.15, -0.1) is 16.4 Å². The van der Waals surface area contributed by atoms with Crippen LogP contribution in [-0.2, 0) is 29.5 Å². The second kappa shape index (κ2) is 14.2. The van der Waals surface area contributed by atoms with Crippen LogP contribution < -0.4 is 15.5 Å². The van der Waals surface area contributed by atoms with E-state index in [9.17, 15) is 14.4 Å². The number of carbonyl (C=O) groups excluding carboxylic acids is 3. The van der Waals surface area contributed by atoms with Crippen molar-refractivity contribution in [1.82, 2.24) is 30.9 Å². The number of nitrogens with one attached hydrogen (secondary N) is 3. The Morgan fingerprint density at radius 1 is 0.943 bits per heavy atom. The maximum absolute atomic E-state index is 14.1. The average Bonchev–Trinajstić information content (AvgIpc) is 3.84. The molecule has 3 heterocycles. The fraction of sp³-hybridized carbons (Fsp3) is 0.316. The molecule has 2 fully saturated rings. The molecule has 2 atom stereocenters. The van der Waals surface area contributed by atoms with Crippen molar-refractivity contribution in [3.05, 3.63) is 119 Å². The molecule has 5 aromatic rings. The molecule has 2 aliphatic rings. The second-order valence-electron chi connectivity index (χ2n) is 14.0. The Balaban J connectivity index is 1.25. The molecule has 0 bridgehead atoms. The van der Waals surface area contributed by atoms with Gasteiger partial charge in [0, 0.05) is 18.2 Å². The molecule has 1 aliphatic heterocycles. The summed E-state index contributed by atoms with van der Waals surface area (Å²) in [5, 5.41) is 26.6. The van der Waals surface area contributed by atoms with E-state index < -0.39 is 46.6 Å². The van der Waals surface area contributed by atoms with Crippen LogP contribution in [0.2, 0.25) is 0 Å². The molecule has 2 amide bonds. The van der Waals surface area contributed by atoms with Crippen LogP contribution in [0.3, 0.4) is 0 Å². The molecule has 2 aromatic heterocycles. The molecule has 1 saturated carbocycles. The highest BCUT2D eigenvalue weighted by Crippen LogP contribution is 2.41. The van der Waals surface area contributed by atoms with Crippen LogP contribution >= 0.6 is 11.3 Å². The standard InChI is InChI=1S/C38H39N9O5S/c1-24-29(32(49)47(24)34-42-45-46-43-34)40-31(48)30(44-52-37(21-14-22-37)33(50)51-36(2,3)4)28-23-53-35(39-28)41-38(25-15-8-5-9-16-25,26-17-10-6-11-18-26)27-19-12-7-13-20-27/h5-13,15-20,23-24,29H,14,21-22H2,1-4H3,(H,39,41)(H,40,48)(H,42,43,45,46)/b44-30-/t24-,29+/m1/s1. The van der Waals surface area contributed by atoms with Crippen LogP contribution in [0.15, 0.2) is 102 Å². The number of aromatic amines is 1. The number of benzene rings is 3. The van der Waals surface area contributed by atoms with E-state index in [0.717, 1.165) is 23.1 Å². The van der Waals surface area contributed by atoms with Gasteiger partial charge in [-0.1, -0.05) is 101 Å². The van der Waals surface area contributed by atoms with Crippen LogP contribution in [0.4, 0.5) is 11.1 Å². The number of hydrogen-bond donors (Lipinski definition) is 3. The molecule has 1 saturated heterocycles. The van der Waals surface area contributed by atoms with Gasteiger partial charge in [0.15, 0.2) is 10.8 Å². The van der Waals surface area contributed by atoms with Crippen LogP contribution in [0.5, 0.6) is 0 Å². The number of H-pyrrole nitrogens is 1. The Morgan fingerprint density at radius 3 is 2.00 bits per heavy atom. The first kappa shape index (κ1) is 35.4. The van der Waals surface area contributed by atoms with Crippen LogP contribution in [-0.4, -0.2) is 72.4 Å². The number of hydrogen-bond acceptors (Lipinski definition) is 12. The molecule has 14 nitrogen and oxygen atoms in total. The molecular weight excluding hydrogens is 695 g/mol. The van der Waals surface area contributed by atoms with E-state index in [4.69, 9.17) is 14.6 Å². The van der Waals surface area contributed by atoms with E-state index >= 15 is 0 Å². The molecule has 53 heavy (non-hydrogen) atoms. The Morgan fingerprint density at radius 2 is 1.53 bits per heavy atom. The van der Waals surface area contributed by atoms with Gasteiger partial charge in [-0.25, -0.2) is 9.78 Å². The van der Waals surface area contributed by atoms with Gasteiger partial charge < -0.3 is 20.2 Å². The summed E-state index contributed by atoms with van der Waals surface area (Å²) in [6, 6.07) is 28.8. The maximum Gasteiger partial charge on any atom is 0.353 e. The first-order valence-electron chi connectivity index (χ1n) is 17.3. The monoisotopic (exact) mass is 733 g/mol. The number of oxime groups is 1. The van der Waals surface area contributed by atoms with Crippen molar-refractivity contribution in [2.75, 3.05) is 10.2 Å². The lowest BCUT2D eigenvalue weighted by molar-refractivity contribution is -0.196. The minimum Gasteiger partial charge on any atom is -0.457 e.